The van der Waals surface area contributed by atoms with Crippen LogP contribution in [0, 0.1) is 0 Å². The van der Waals surface area contributed by atoms with E-state index < -0.39 is 0 Å². The molecule has 0 unspecified atom stereocenters. The zero-order valence-electron chi connectivity index (χ0n) is 13.9. The summed E-state index contributed by atoms with van der Waals surface area (Å²) in [6.45, 7) is 3.33. The number of rotatable bonds is 12. The standard InChI is InChI=1S/C19H30N2S/c1-2-3-4-5-6-7-8-9-10-13-16-20-19-21-17-14-11-12-15-18(17)22-19/h11-12,14-15H,2-10,13,16H2,1H3,(H,20,21). The number of nitrogens with one attached hydrogen (secondary N) is 1. The molecule has 0 saturated heterocycles. The van der Waals surface area contributed by atoms with Gasteiger partial charge in [0.1, 0.15) is 0 Å². The van der Waals surface area contributed by atoms with Crippen molar-refractivity contribution in [2.45, 2.75) is 71.1 Å². The topological polar surface area (TPSA) is 24.9 Å². The lowest BCUT2D eigenvalue weighted by molar-refractivity contribution is 0.560. The van der Waals surface area contributed by atoms with E-state index in [-0.39, 0.29) is 0 Å². The van der Waals surface area contributed by atoms with Gasteiger partial charge in [-0.3, -0.25) is 0 Å². The van der Waals surface area contributed by atoms with Gasteiger partial charge in [0, 0.05) is 6.54 Å². The van der Waals surface area contributed by atoms with E-state index in [9.17, 15) is 0 Å². The number of unbranched alkanes of at least 4 members (excludes halogenated alkanes) is 9. The summed E-state index contributed by atoms with van der Waals surface area (Å²) in [5.41, 5.74) is 1.11. The van der Waals surface area contributed by atoms with Gasteiger partial charge in [-0.05, 0) is 18.6 Å². The number of fused-ring (bicyclic) bond motifs is 1. The Balaban J connectivity index is 1.46. The average Bonchev–Trinajstić information content (AvgIpc) is 2.95. The summed E-state index contributed by atoms with van der Waals surface area (Å²) in [4.78, 5) is 4.60. The SMILES string of the molecule is CCCCCCCCCCCCNc1nc2ccccc2s1. The third-order valence-electron chi connectivity index (χ3n) is 4.10. The van der Waals surface area contributed by atoms with Gasteiger partial charge in [0.05, 0.1) is 10.2 Å². The molecule has 1 heterocycles. The van der Waals surface area contributed by atoms with Gasteiger partial charge in [0.15, 0.2) is 5.13 Å². The number of anilines is 1. The van der Waals surface area contributed by atoms with Crippen LogP contribution in [0.1, 0.15) is 71.1 Å². The van der Waals surface area contributed by atoms with Crippen molar-refractivity contribution in [2.75, 3.05) is 11.9 Å². The molecule has 0 radical (unpaired) electrons. The maximum absolute atomic E-state index is 4.60. The normalized spacial score (nSPS) is 11.1. The molecule has 0 atom stereocenters. The summed E-state index contributed by atoms with van der Waals surface area (Å²) < 4.78 is 1.27. The van der Waals surface area contributed by atoms with Crippen molar-refractivity contribution in [1.29, 1.82) is 0 Å². The van der Waals surface area contributed by atoms with E-state index >= 15 is 0 Å². The number of nitrogens with zero attached hydrogens (tertiary/aromatic N) is 1. The van der Waals surface area contributed by atoms with Gasteiger partial charge in [-0.1, -0.05) is 88.2 Å². The Kier molecular flexibility index (Phi) is 8.32. The lowest BCUT2D eigenvalue weighted by atomic mass is 10.1. The molecule has 2 aromatic rings. The van der Waals surface area contributed by atoms with Crippen LogP contribution in [0.5, 0.6) is 0 Å². The second-order valence-electron chi connectivity index (χ2n) is 6.10. The lowest BCUT2D eigenvalue weighted by Crippen LogP contribution is -2.00. The molecule has 1 N–H and O–H groups in total. The average molecular weight is 319 g/mol. The fraction of sp³-hybridized carbons (Fsp3) is 0.632. The first kappa shape index (κ1) is 17.3. The minimum atomic E-state index is 1.05. The van der Waals surface area contributed by atoms with Crippen molar-refractivity contribution in [3.63, 3.8) is 0 Å². The molecular weight excluding hydrogens is 288 g/mol. The fourth-order valence-corrected chi connectivity index (χ4v) is 3.65. The maximum Gasteiger partial charge on any atom is 0.183 e. The molecule has 3 heteroatoms. The molecule has 0 fully saturated rings. The van der Waals surface area contributed by atoms with Crippen LogP contribution in [0.4, 0.5) is 5.13 Å². The number of benzene rings is 1. The number of hydrogen-bond donors (Lipinski definition) is 1. The van der Waals surface area contributed by atoms with E-state index in [2.05, 4.69) is 35.4 Å². The summed E-state index contributed by atoms with van der Waals surface area (Å²) in [5, 5.41) is 4.53. The highest BCUT2D eigenvalue weighted by Gasteiger charge is 2.01. The molecule has 22 heavy (non-hydrogen) atoms. The van der Waals surface area contributed by atoms with Gasteiger partial charge in [0.25, 0.3) is 0 Å². The monoisotopic (exact) mass is 318 g/mol. The number of para-hydroxylation sites is 1. The highest BCUT2D eigenvalue weighted by molar-refractivity contribution is 7.22. The molecule has 2 nitrogen and oxygen atoms in total. The Morgan fingerprint density at radius 3 is 2.18 bits per heavy atom. The van der Waals surface area contributed by atoms with Crippen LogP contribution in [-0.2, 0) is 0 Å². The van der Waals surface area contributed by atoms with Gasteiger partial charge in [-0.2, -0.15) is 0 Å². The van der Waals surface area contributed by atoms with E-state index in [1.807, 2.05) is 6.07 Å². The maximum atomic E-state index is 4.60. The van der Waals surface area contributed by atoms with Crippen molar-refractivity contribution < 1.29 is 0 Å². The zero-order valence-corrected chi connectivity index (χ0v) is 14.8. The molecule has 0 amide bonds. The van der Waals surface area contributed by atoms with Gasteiger partial charge < -0.3 is 5.32 Å². The highest BCUT2D eigenvalue weighted by atomic mass is 32.1. The third-order valence-corrected chi connectivity index (χ3v) is 5.09. The van der Waals surface area contributed by atoms with Crippen molar-refractivity contribution in [2.24, 2.45) is 0 Å². The Labute approximate surface area is 139 Å². The number of thiazole rings is 1. The predicted octanol–water partition coefficient (Wildman–Crippen LogP) is 6.63. The van der Waals surface area contributed by atoms with Crippen LogP contribution >= 0.6 is 11.3 Å². The molecular formula is C19H30N2S. The molecule has 0 aliphatic carbocycles. The Hall–Kier alpha value is -1.09. The van der Waals surface area contributed by atoms with Crippen LogP contribution in [0.2, 0.25) is 0 Å². The first-order valence-electron chi connectivity index (χ1n) is 8.99. The summed E-state index contributed by atoms with van der Waals surface area (Å²) >= 11 is 1.76. The first-order chi connectivity index (χ1) is 10.9. The highest BCUT2D eigenvalue weighted by Crippen LogP contribution is 2.25. The van der Waals surface area contributed by atoms with Crippen LogP contribution in [0.3, 0.4) is 0 Å². The van der Waals surface area contributed by atoms with Crippen LogP contribution < -0.4 is 5.32 Å². The second kappa shape index (κ2) is 10.6. The van der Waals surface area contributed by atoms with Crippen molar-refractivity contribution in [3.05, 3.63) is 24.3 Å². The second-order valence-corrected chi connectivity index (χ2v) is 7.13. The Bertz CT molecular complexity index is 488. The minimum absolute atomic E-state index is 1.05. The smallest absolute Gasteiger partial charge is 0.183 e. The quantitative estimate of drug-likeness (QED) is 0.444. The van der Waals surface area contributed by atoms with Gasteiger partial charge in [-0.15, -0.1) is 0 Å². The molecule has 1 aromatic carbocycles. The third kappa shape index (κ3) is 6.35. The van der Waals surface area contributed by atoms with Gasteiger partial charge >= 0.3 is 0 Å². The molecule has 0 saturated carbocycles. The number of aromatic nitrogens is 1. The molecule has 0 bridgehead atoms. The van der Waals surface area contributed by atoms with Crippen LogP contribution in [0.15, 0.2) is 24.3 Å². The molecule has 0 aliphatic rings. The predicted molar refractivity (Wildman–Crippen MR) is 100.0 cm³/mol. The Morgan fingerprint density at radius 2 is 1.50 bits per heavy atom. The molecule has 0 aliphatic heterocycles. The number of hydrogen-bond acceptors (Lipinski definition) is 3. The molecule has 0 spiro atoms. The summed E-state index contributed by atoms with van der Waals surface area (Å²) in [6, 6.07) is 8.34. The summed E-state index contributed by atoms with van der Waals surface area (Å²) in [7, 11) is 0. The van der Waals surface area contributed by atoms with Gasteiger partial charge in [0.2, 0.25) is 0 Å². The summed E-state index contributed by atoms with van der Waals surface area (Å²) in [5.74, 6) is 0. The lowest BCUT2D eigenvalue weighted by Gasteiger charge is -2.03. The van der Waals surface area contributed by atoms with Crippen molar-refractivity contribution in [1.82, 2.24) is 4.98 Å². The largest absolute Gasteiger partial charge is 0.361 e. The van der Waals surface area contributed by atoms with Gasteiger partial charge in [-0.25, -0.2) is 4.98 Å². The van der Waals surface area contributed by atoms with E-state index in [0.29, 0.717) is 0 Å². The van der Waals surface area contributed by atoms with Crippen molar-refractivity contribution in [3.8, 4) is 0 Å². The molecule has 1 aromatic heterocycles. The fourth-order valence-electron chi connectivity index (χ4n) is 2.76. The first-order valence-corrected chi connectivity index (χ1v) is 9.81. The van der Waals surface area contributed by atoms with E-state index in [1.54, 1.807) is 11.3 Å². The molecule has 122 valence electrons. The van der Waals surface area contributed by atoms with Crippen LogP contribution in [-0.4, -0.2) is 11.5 Å². The molecule has 2 rings (SSSR count). The minimum Gasteiger partial charge on any atom is -0.361 e. The van der Waals surface area contributed by atoms with E-state index in [0.717, 1.165) is 17.2 Å². The van der Waals surface area contributed by atoms with E-state index in [1.165, 1.54) is 68.9 Å². The Morgan fingerprint density at radius 1 is 0.864 bits per heavy atom. The van der Waals surface area contributed by atoms with Crippen molar-refractivity contribution >= 4 is 26.7 Å². The van der Waals surface area contributed by atoms with E-state index in [4.69, 9.17) is 0 Å². The zero-order chi connectivity index (χ0) is 15.5. The summed E-state index contributed by atoms with van der Waals surface area (Å²) in [6.07, 6.45) is 13.9. The van der Waals surface area contributed by atoms with Crippen LogP contribution in [0.25, 0.3) is 10.2 Å².